The second-order valence-electron chi connectivity index (χ2n) is 4.95. The summed E-state index contributed by atoms with van der Waals surface area (Å²) in [6.45, 7) is 8.24. The Balaban J connectivity index is 0.00000242. The summed E-state index contributed by atoms with van der Waals surface area (Å²) in [5.74, 6) is 0. The average Bonchev–Trinajstić information content (AvgIpc) is 2.93. The number of aliphatic hydroxyl groups excluding tert-OH is 1. The van der Waals surface area contributed by atoms with E-state index in [1.54, 1.807) is 11.3 Å². The van der Waals surface area contributed by atoms with E-state index in [0.717, 1.165) is 29.7 Å². The minimum absolute atomic E-state index is 0. The third-order valence-corrected chi connectivity index (χ3v) is 5.22. The second kappa shape index (κ2) is 9.85. The molecule has 0 radical (unpaired) electrons. The summed E-state index contributed by atoms with van der Waals surface area (Å²) in [5.41, 5.74) is 0.892. The molecule has 0 amide bonds. The molecule has 1 heterocycles. The maximum absolute atomic E-state index is 10.3. The number of rotatable bonds is 8. The monoisotopic (exact) mass is 407 g/mol. The smallest absolute Gasteiger partial charge is 0.103 e. The molecule has 2 rings (SSSR count). The highest BCUT2D eigenvalue weighted by molar-refractivity contribution is 9.10. The largest absolute Gasteiger partial charge is 0.386 e. The molecule has 0 fully saturated rings. The van der Waals surface area contributed by atoms with Crippen molar-refractivity contribution in [3.8, 4) is 0 Å². The zero-order valence-electron chi connectivity index (χ0n) is 12.9. The first-order chi connectivity index (χ1) is 10.2. The Hall–Kier alpha value is -0.170. The molecule has 0 saturated carbocycles. The Morgan fingerprint density at radius 3 is 2.73 bits per heavy atom. The molecule has 0 aliphatic rings. The van der Waals surface area contributed by atoms with Gasteiger partial charge in [0.05, 0.1) is 13.2 Å². The standard InChI is InChI=1S/C16H22BrNO2S.ClH/c1-3-18(4-2)6-7-20-11-15(19)13-9-12-5-8-21-16(12)10-14(13)17;/h5,8-10,15,19H,3-4,6-7,11H2,1-2H3;1H. The number of hydrogen-bond donors (Lipinski definition) is 1. The van der Waals surface area contributed by atoms with Gasteiger partial charge in [0.25, 0.3) is 0 Å². The summed E-state index contributed by atoms with van der Waals surface area (Å²) in [4.78, 5) is 2.31. The van der Waals surface area contributed by atoms with E-state index in [1.165, 1.54) is 10.1 Å². The molecule has 2 aromatic rings. The highest BCUT2D eigenvalue weighted by Crippen LogP contribution is 2.31. The predicted molar refractivity (Wildman–Crippen MR) is 100 cm³/mol. The molecule has 0 aliphatic heterocycles. The topological polar surface area (TPSA) is 32.7 Å². The van der Waals surface area contributed by atoms with Gasteiger partial charge in [-0.25, -0.2) is 0 Å². The fourth-order valence-corrected chi connectivity index (χ4v) is 3.85. The van der Waals surface area contributed by atoms with Crippen molar-refractivity contribution in [1.82, 2.24) is 4.90 Å². The number of nitrogens with zero attached hydrogens (tertiary/aromatic N) is 1. The summed E-state index contributed by atoms with van der Waals surface area (Å²) in [6, 6.07) is 6.17. The predicted octanol–water partition coefficient (Wildman–Crippen LogP) is 4.48. The Bertz CT molecular complexity index is 574. The van der Waals surface area contributed by atoms with Crippen molar-refractivity contribution < 1.29 is 9.84 Å². The third kappa shape index (κ3) is 5.18. The van der Waals surface area contributed by atoms with Gasteiger partial charge in [-0.2, -0.15) is 0 Å². The summed E-state index contributed by atoms with van der Waals surface area (Å²) in [5, 5.41) is 13.5. The first-order valence-corrected chi connectivity index (χ1v) is 8.97. The SMILES string of the molecule is CCN(CC)CCOCC(O)c1cc2ccsc2cc1Br.Cl. The van der Waals surface area contributed by atoms with Crippen molar-refractivity contribution in [2.24, 2.45) is 0 Å². The van der Waals surface area contributed by atoms with Crippen molar-refractivity contribution in [1.29, 1.82) is 0 Å². The van der Waals surface area contributed by atoms with Crippen LogP contribution < -0.4 is 0 Å². The van der Waals surface area contributed by atoms with E-state index in [0.29, 0.717) is 13.2 Å². The van der Waals surface area contributed by atoms with Crippen LogP contribution in [0.25, 0.3) is 10.1 Å². The van der Waals surface area contributed by atoms with Crippen LogP contribution in [0.4, 0.5) is 0 Å². The summed E-state index contributed by atoms with van der Waals surface area (Å²) >= 11 is 5.24. The molecule has 1 aromatic carbocycles. The summed E-state index contributed by atoms with van der Waals surface area (Å²) in [7, 11) is 0. The quantitative estimate of drug-likeness (QED) is 0.654. The van der Waals surface area contributed by atoms with Crippen LogP contribution in [-0.4, -0.2) is 42.9 Å². The lowest BCUT2D eigenvalue weighted by atomic mass is 10.1. The molecular formula is C16H23BrClNO2S. The van der Waals surface area contributed by atoms with Crippen molar-refractivity contribution >= 4 is 49.8 Å². The van der Waals surface area contributed by atoms with Gasteiger partial charge in [-0.15, -0.1) is 23.7 Å². The van der Waals surface area contributed by atoms with Crippen LogP contribution in [0.3, 0.4) is 0 Å². The zero-order chi connectivity index (χ0) is 15.2. The van der Waals surface area contributed by atoms with Crippen LogP contribution in [0.15, 0.2) is 28.1 Å². The van der Waals surface area contributed by atoms with Crippen LogP contribution in [0, 0.1) is 0 Å². The van der Waals surface area contributed by atoms with Crippen LogP contribution >= 0.6 is 39.7 Å². The molecule has 0 bridgehead atoms. The van der Waals surface area contributed by atoms with E-state index in [4.69, 9.17) is 4.74 Å². The molecule has 6 heteroatoms. The molecule has 0 spiro atoms. The molecule has 0 aliphatic carbocycles. The maximum atomic E-state index is 10.3. The lowest BCUT2D eigenvalue weighted by Gasteiger charge is -2.19. The number of benzene rings is 1. The van der Waals surface area contributed by atoms with E-state index >= 15 is 0 Å². The molecular weight excluding hydrogens is 386 g/mol. The fourth-order valence-electron chi connectivity index (χ4n) is 2.28. The van der Waals surface area contributed by atoms with Crippen LogP contribution in [0.1, 0.15) is 25.5 Å². The highest BCUT2D eigenvalue weighted by Gasteiger charge is 2.13. The number of hydrogen-bond acceptors (Lipinski definition) is 4. The molecule has 1 N–H and O–H groups in total. The number of ether oxygens (including phenoxy) is 1. The van der Waals surface area contributed by atoms with E-state index in [2.05, 4.69) is 52.2 Å². The molecule has 124 valence electrons. The van der Waals surface area contributed by atoms with Gasteiger partial charge in [0, 0.05) is 15.7 Å². The summed E-state index contributed by atoms with van der Waals surface area (Å²) in [6.07, 6.45) is -0.597. The Morgan fingerprint density at radius 1 is 1.32 bits per heavy atom. The minimum Gasteiger partial charge on any atom is -0.386 e. The van der Waals surface area contributed by atoms with Crippen molar-refractivity contribution in [3.63, 3.8) is 0 Å². The molecule has 3 nitrogen and oxygen atoms in total. The van der Waals surface area contributed by atoms with Gasteiger partial charge in [-0.3, -0.25) is 0 Å². The Kier molecular flexibility index (Phi) is 8.90. The molecule has 0 saturated heterocycles. The van der Waals surface area contributed by atoms with Crippen molar-refractivity contribution in [3.05, 3.63) is 33.6 Å². The average molecular weight is 409 g/mol. The van der Waals surface area contributed by atoms with E-state index < -0.39 is 6.10 Å². The fraction of sp³-hybridized carbons (Fsp3) is 0.500. The Labute approximate surface area is 150 Å². The first kappa shape index (κ1) is 19.9. The Morgan fingerprint density at radius 2 is 2.05 bits per heavy atom. The molecule has 1 unspecified atom stereocenters. The maximum Gasteiger partial charge on any atom is 0.103 e. The number of fused-ring (bicyclic) bond motifs is 1. The summed E-state index contributed by atoms with van der Waals surface area (Å²) < 4.78 is 7.79. The molecule has 22 heavy (non-hydrogen) atoms. The lowest BCUT2D eigenvalue weighted by Crippen LogP contribution is -2.27. The number of aliphatic hydroxyl groups is 1. The van der Waals surface area contributed by atoms with Crippen LogP contribution in [-0.2, 0) is 4.74 Å². The van der Waals surface area contributed by atoms with Crippen molar-refractivity contribution in [2.45, 2.75) is 20.0 Å². The van der Waals surface area contributed by atoms with Crippen LogP contribution in [0.2, 0.25) is 0 Å². The zero-order valence-corrected chi connectivity index (χ0v) is 16.1. The molecule has 1 atom stereocenters. The number of halogens is 2. The number of likely N-dealkylation sites (N-methyl/N-ethyl adjacent to an activating group) is 1. The second-order valence-corrected chi connectivity index (χ2v) is 6.75. The van der Waals surface area contributed by atoms with E-state index in [-0.39, 0.29) is 12.4 Å². The normalized spacial score (nSPS) is 12.6. The van der Waals surface area contributed by atoms with Gasteiger partial charge in [-0.05, 0) is 47.6 Å². The van der Waals surface area contributed by atoms with Crippen LogP contribution in [0.5, 0.6) is 0 Å². The van der Waals surface area contributed by atoms with E-state index in [1.807, 2.05) is 6.07 Å². The van der Waals surface area contributed by atoms with Gasteiger partial charge in [-0.1, -0.05) is 29.8 Å². The van der Waals surface area contributed by atoms with Crippen molar-refractivity contribution in [2.75, 3.05) is 32.8 Å². The first-order valence-electron chi connectivity index (χ1n) is 7.30. The molecule has 1 aromatic heterocycles. The minimum atomic E-state index is -0.597. The van der Waals surface area contributed by atoms with Gasteiger partial charge in [0.1, 0.15) is 6.10 Å². The third-order valence-electron chi connectivity index (χ3n) is 3.65. The van der Waals surface area contributed by atoms with Gasteiger partial charge in [0.2, 0.25) is 0 Å². The lowest BCUT2D eigenvalue weighted by molar-refractivity contribution is 0.0271. The number of thiophene rings is 1. The highest BCUT2D eigenvalue weighted by atomic mass is 79.9. The van der Waals surface area contributed by atoms with Gasteiger partial charge in [0.15, 0.2) is 0 Å². The van der Waals surface area contributed by atoms with E-state index in [9.17, 15) is 5.11 Å². The van der Waals surface area contributed by atoms with Gasteiger partial charge < -0.3 is 14.7 Å². The van der Waals surface area contributed by atoms with Gasteiger partial charge >= 0.3 is 0 Å².